The van der Waals surface area contributed by atoms with Crippen molar-refractivity contribution < 1.29 is 0 Å². The second-order valence-corrected chi connectivity index (χ2v) is 14.6. The minimum absolute atomic E-state index is 0.304. The van der Waals surface area contributed by atoms with Gasteiger partial charge in [0.05, 0.1) is 0 Å². The van der Waals surface area contributed by atoms with Gasteiger partial charge in [-0.15, -0.1) is 0 Å². The normalized spacial score (nSPS) is 11.2. The van der Waals surface area contributed by atoms with Crippen LogP contribution in [0.5, 0.6) is 0 Å². The van der Waals surface area contributed by atoms with E-state index in [0.717, 1.165) is 0 Å². The molecule has 0 spiro atoms. The summed E-state index contributed by atoms with van der Waals surface area (Å²) in [6.45, 7) is 0. The molecule has 0 aliphatic carbocycles. The first-order chi connectivity index (χ1) is 12.9. The Hall–Kier alpha value is -2.17. The predicted octanol–water partition coefficient (Wildman–Crippen LogP) is 3.93. The summed E-state index contributed by atoms with van der Waals surface area (Å²) in [5.41, 5.74) is 0. The average Bonchev–Trinajstić information content (AvgIpc) is 2.75. The number of hydrogen-bond acceptors (Lipinski definition) is 0. The van der Waals surface area contributed by atoms with E-state index in [1.54, 1.807) is 0 Å². The van der Waals surface area contributed by atoms with Crippen LogP contribution in [-0.4, -0.2) is 14.5 Å². The van der Waals surface area contributed by atoms with Crippen molar-refractivity contribution in [2.75, 3.05) is 0 Å². The van der Waals surface area contributed by atoms with E-state index in [1.165, 1.54) is 20.4 Å². The maximum atomic E-state index is 2.32. The molecule has 4 aromatic carbocycles. The summed E-state index contributed by atoms with van der Waals surface area (Å²) < 4.78 is 1.45. The summed E-state index contributed by atoms with van der Waals surface area (Å²) >= 11 is 0.304. The van der Waals surface area contributed by atoms with Crippen LogP contribution in [0.4, 0.5) is 0 Å². The molecule has 0 fully saturated rings. The van der Waals surface area contributed by atoms with E-state index in [9.17, 15) is 0 Å². The van der Waals surface area contributed by atoms with Gasteiger partial charge in [0, 0.05) is 0 Å². The van der Waals surface area contributed by atoms with Gasteiger partial charge in [-0.05, 0) is 0 Å². The van der Waals surface area contributed by atoms with E-state index < -0.39 is 5.95 Å². The van der Waals surface area contributed by atoms with Gasteiger partial charge in [-0.3, -0.25) is 0 Å². The van der Waals surface area contributed by atoms with Crippen LogP contribution in [0.3, 0.4) is 0 Å². The minimum atomic E-state index is -1.71. The van der Waals surface area contributed by atoms with Gasteiger partial charge in [0.1, 0.15) is 0 Å². The van der Waals surface area contributed by atoms with E-state index in [4.69, 9.17) is 0 Å². The molecule has 126 valence electrons. The molecule has 0 saturated carbocycles. The van der Waals surface area contributed by atoms with Crippen LogP contribution < -0.4 is 20.4 Å². The molecule has 0 nitrogen and oxygen atoms in total. The Bertz CT molecular complexity index is 842. The second kappa shape index (κ2) is 8.02. The van der Waals surface area contributed by atoms with Gasteiger partial charge < -0.3 is 0 Å². The van der Waals surface area contributed by atoms with Gasteiger partial charge in [0.2, 0.25) is 0 Å². The van der Waals surface area contributed by atoms with Crippen LogP contribution in [0.25, 0.3) is 0 Å². The third-order valence-corrected chi connectivity index (χ3v) is 15.5. The summed E-state index contributed by atoms with van der Waals surface area (Å²) in [4.78, 5) is 0. The molecule has 0 atom stereocenters. The Balaban J connectivity index is 2.00. The van der Waals surface area contributed by atoms with Crippen molar-refractivity contribution in [1.82, 2.24) is 0 Å². The van der Waals surface area contributed by atoms with Crippen LogP contribution in [0, 0.1) is 0 Å². The van der Waals surface area contributed by atoms with E-state index in [0.29, 0.717) is 14.5 Å². The first kappa shape index (κ1) is 17.3. The monoisotopic (exact) mass is 419 g/mol. The third-order valence-electron chi connectivity index (χ3n) is 4.34. The van der Waals surface area contributed by atoms with Gasteiger partial charge in [-0.1, -0.05) is 0 Å². The molecule has 0 saturated heterocycles. The van der Waals surface area contributed by atoms with Crippen LogP contribution in [-0.2, 0) is 0 Å². The fraction of sp³-hybridized carbons (Fsp3) is 0. The van der Waals surface area contributed by atoms with Crippen LogP contribution >= 0.6 is 5.95 Å². The van der Waals surface area contributed by atoms with Gasteiger partial charge in [0.15, 0.2) is 0 Å². The molecule has 0 unspecified atom stereocenters. The Morgan fingerprint density at radius 1 is 0.385 bits per heavy atom. The average molecular weight is 418 g/mol. The van der Waals surface area contributed by atoms with E-state index in [2.05, 4.69) is 121 Å². The van der Waals surface area contributed by atoms with Crippen LogP contribution in [0.15, 0.2) is 121 Å². The fourth-order valence-corrected chi connectivity index (χ4v) is 14.0. The van der Waals surface area contributed by atoms with E-state index in [1.807, 2.05) is 0 Å². The molecule has 2 heteroatoms. The molecule has 0 aromatic heterocycles. The molecule has 0 amide bonds. The molecule has 0 radical (unpaired) electrons. The van der Waals surface area contributed by atoms with Crippen molar-refractivity contribution >= 4 is 40.8 Å². The zero-order valence-electron chi connectivity index (χ0n) is 14.4. The van der Waals surface area contributed by atoms with Crippen molar-refractivity contribution in [2.45, 2.75) is 0 Å². The van der Waals surface area contributed by atoms with Crippen LogP contribution in [0.2, 0.25) is 0 Å². The molecular formula is C24H20PSe+. The fourth-order valence-electron chi connectivity index (χ4n) is 3.16. The predicted molar refractivity (Wildman–Crippen MR) is 117 cm³/mol. The van der Waals surface area contributed by atoms with Gasteiger partial charge in [0.25, 0.3) is 0 Å². The van der Waals surface area contributed by atoms with Gasteiger partial charge >= 0.3 is 162 Å². The first-order valence-corrected chi connectivity index (χ1v) is 13.6. The Labute approximate surface area is 162 Å². The van der Waals surface area contributed by atoms with E-state index in [-0.39, 0.29) is 0 Å². The molecule has 0 heterocycles. The summed E-state index contributed by atoms with van der Waals surface area (Å²) in [5, 5.41) is 4.38. The SMILES string of the molecule is c1ccc([Se][P+](c2ccccc2)(c2ccccc2)c2ccccc2)cc1. The molecule has 4 aromatic rings. The number of hydrogen-bond donors (Lipinski definition) is 0. The summed E-state index contributed by atoms with van der Waals surface area (Å²) in [6, 6.07) is 44.3. The van der Waals surface area contributed by atoms with Gasteiger partial charge in [-0.2, -0.15) is 0 Å². The summed E-state index contributed by atoms with van der Waals surface area (Å²) in [5.74, 6) is -1.71. The number of benzene rings is 4. The molecule has 0 aliphatic heterocycles. The zero-order valence-corrected chi connectivity index (χ0v) is 17.0. The molecule has 26 heavy (non-hydrogen) atoms. The topological polar surface area (TPSA) is 0 Å². The van der Waals surface area contributed by atoms with Crippen molar-refractivity contribution in [3.8, 4) is 0 Å². The standard InChI is InChI=1S/C24H20PSe/c1-5-13-21(14-6-1)25(22-15-7-2-8-16-22,23-17-9-3-10-18-23)26-24-19-11-4-12-20-24/h1-20H/q+1. The molecule has 4 rings (SSSR count). The molecule has 0 aliphatic rings. The third kappa shape index (κ3) is 3.39. The maximum absolute atomic E-state index is 2.32. The van der Waals surface area contributed by atoms with Crippen molar-refractivity contribution in [3.05, 3.63) is 121 Å². The van der Waals surface area contributed by atoms with Gasteiger partial charge in [-0.25, -0.2) is 0 Å². The number of rotatable bonds is 5. The summed E-state index contributed by atoms with van der Waals surface area (Å²) in [6.07, 6.45) is 0. The van der Waals surface area contributed by atoms with Crippen molar-refractivity contribution in [3.63, 3.8) is 0 Å². The van der Waals surface area contributed by atoms with E-state index >= 15 is 0 Å². The molecule has 0 N–H and O–H groups in total. The summed E-state index contributed by atoms with van der Waals surface area (Å²) in [7, 11) is 0. The molecule has 0 bridgehead atoms. The van der Waals surface area contributed by atoms with Crippen molar-refractivity contribution in [2.24, 2.45) is 0 Å². The Morgan fingerprint density at radius 3 is 1.04 bits per heavy atom. The second-order valence-electron chi connectivity index (χ2n) is 6.02. The quantitative estimate of drug-likeness (QED) is 0.341. The zero-order chi connectivity index (χ0) is 17.7. The Morgan fingerprint density at radius 2 is 0.692 bits per heavy atom. The van der Waals surface area contributed by atoms with Crippen LogP contribution in [0.1, 0.15) is 0 Å². The Kier molecular flexibility index (Phi) is 5.32. The molecular weight excluding hydrogens is 398 g/mol. The first-order valence-electron chi connectivity index (χ1n) is 8.70. The van der Waals surface area contributed by atoms with Crippen molar-refractivity contribution in [1.29, 1.82) is 0 Å².